The number of hydrogen-bond acceptors (Lipinski definition) is 4. The first-order chi connectivity index (χ1) is 8.09. The molecule has 0 radical (unpaired) electrons. The third-order valence-electron chi connectivity index (χ3n) is 3.69. The Balaban J connectivity index is 2.65. The van der Waals surface area contributed by atoms with Gasteiger partial charge in [0.05, 0.1) is 12.7 Å². The van der Waals surface area contributed by atoms with Crippen LogP contribution in [0.5, 0.6) is 0 Å². The van der Waals surface area contributed by atoms with Crippen molar-refractivity contribution in [3.63, 3.8) is 0 Å². The van der Waals surface area contributed by atoms with Gasteiger partial charge in [-0.15, -0.1) is 0 Å². The van der Waals surface area contributed by atoms with Gasteiger partial charge in [-0.05, 0) is 39.7 Å². The second-order valence-electron chi connectivity index (χ2n) is 5.16. The van der Waals surface area contributed by atoms with Gasteiger partial charge >= 0.3 is 0 Å². The maximum Gasteiger partial charge on any atom is 0.122 e. The normalized spacial score (nSPS) is 19.4. The fourth-order valence-corrected chi connectivity index (χ4v) is 2.22. The lowest BCUT2D eigenvalue weighted by atomic mass is 9.94. The first-order valence-corrected chi connectivity index (χ1v) is 6.42. The lowest BCUT2D eigenvalue weighted by Gasteiger charge is -2.35. The van der Waals surface area contributed by atoms with Crippen molar-refractivity contribution in [2.45, 2.75) is 38.3 Å². The summed E-state index contributed by atoms with van der Waals surface area (Å²) in [5.74, 6) is 0.515. The molecule has 0 aromatic heterocycles. The molecule has 0 heterocycles. The first kappa shape index (κ1) is 14.4. The second kappa shape index (κ2) is 6.34. The summed E-state index contributed by atoms with van der Waals surface area (Å²) < 4.78 is 5.14. The molecular weight excluding hydrogens is 214 g/mol. The summed E-state index contributed by atoms with van der Waals surface area (Å²) >= 11 is 0. The van der Waals surface area contributed by atoms with Gasteiger partial charge in [0.1, 0.15) is 5.54 Å². The fourth-order valence-electron chi connectivity index (χ4n) is 2.22. The third kappa shape index (κ3) is 3.67. The highest BCUT2D eigenvalue weighted by molar-refractivity contribution is 5.16. The first-order valence-electron chi connectivity index (χ1n) is 6.42. The predicted molar refractivity (Wildman–Crippen MR) is 68.7 cm³/mol. The summed E-state index contributed by atoms with van der Waals surface area (Å²) in [4.78, 5) is 2.32. The SMILES string of the molecule is CNC(C#N)(CN(CCOC)C(C)C)C1CC1. The van der Waals surface area contributed by atoms with Gasteiger partial charge in [0.25, 0.3) is 0 Å². The maximum absolute atomic E-state index is 9.47. The molecule has 0 amide bonds. The molecule has 1 N–H and O–H groups in total. The molecule has 4 heteroatoms. The molecule has 4 nitrogen and oxygen atoms in total. The Labute approximate surface area is 105 Å². The van der Waals surface area contributed by atoms with Gasteiger partial charge in [-0.1, -0.05) is 0 Å². The van der Waals surface area contributed by atoms with Crippen LogP contribution < -0.4 is 5.32 Å². The van der Waals surface area contributed by atoms with E-state index in [2.05, 4.69) is 30.1 Å². The number of ether oxygens (including phenoxy) is 1. The zero-order valence-electron chi connectivity index (χ0n) is 11.5. The zero-order chi connectivity index (χ0) is 12.9. The second-order valence-corrected chi connectivity index (χ2v) is 5.16. The maximum atomic E-state index is 9.47. The quantitative estimate of drug-likeness (QED) is 0.692. The van der Waals surface area contributed by atoms with Crippen LogP contribution in [-0.2, 0) is 4.74 Å². The van der Waals surface area contributed by atoms with E-state index in [1.807, 2.05) is 7.05 Å². The smallest absolute Gasteiger partial charge is 0.122 e. The zero-order valence-corrected chi connectivity index (χ0v) is 11.5. The van der Waals surface area contributed by atoms with E-state index >= 15 is 0 Å². The standard InChI is InChI=1S/C13H25N3O/c1-11(2)16(7-8-17-4)10-13(9-14,15-3)12-5-6-12/h11-12,15H,5-8,10H2,1-4H3. The van der Waals surface area contributed by atoms with Gasteiger partial charge in [-0.25, -0.2) is 0 Å². The van der Waals surface area contributed by atoms with E-state index in [0.717, 1.165) is 13.1 Å². The molecule has 0 aromatic carbocycles. The number of methoxy groups -OCH3 is 1. The molecule has 0 aliphatic heterocycles. The molecule has 1 aliphatic carbocycles. The Kier molecular flexibility index (Phi) is 5.38. The number of nitriles is 1. The molecule has 1 saturated carbocycles. The van der Waals surface area contributed by atoms with Crippen LogP contribution in [0.4, 0.5) is 0 Å². The number of rotatable bonds is 8. The van der Waals surface area contributed by atoms with Crippen LogP contribution in [0, 0.1) is 17.2 Å². The van der Waals surface area contributed by atoms with E-state index in [1.54, 1.807) is 7.11 Å². The van der Waals surface area contributed by atoms with Crippen molar-refractivity contribution >= 4 is 0 Å². The average Bonchev–Trinajstić information content (AvgIpc) is 3.14. The fraction of sp³-hybridized carbons (Fsp3) is 0.923. The van der Waals surface area contributed by atoms with Crippen molar-refractivity contribution in [1.29, 1.82) is 5.26 Å². The van der Waals surface area contributed by atoms with E-state index in [0.29, 0.717) is 18.6 Å². The van der Waals surface area contributed by atoms with Crippen molar-refractivity contribution in [2.75, 3.05) is 33.9 Å². The van der Waals surface area contributed by atoms with Gasteiger partial charge in [0.2, 0.25) is 0 Å². The van der Waals surface area contributed by atoms with E-state index < -0.39 is 0 Å². The highest BCUT2D eigenvalue weighted by Gasteiger charge is 2.45. The minimum Gasteiger partial charge on any atom is -0.383 e. The summed E-state index contributed by atoms with van der Waals surface area (Å²) in [5, 5.41) is 12.7. The molecule has 1 atom stereocenters. The van der Waals surface area contributed by atoms with Gasteiger partial charge in [0, 0.05) is 26.2 Å². The summed E-state index contributed by atoms with van der Waals surface area (Å²) in [6.07, 6.45) is 2.34. The van der Waals surface area contributed by atoms with Crippen molar-refractivity contribution in [3.8, 4) is 6.07 Å². The molecule has 1 aliphatic rings. The molecule has 0 bridgehead atoms. The number of likely N-dealkylation sites (N-methyl/N-ethyl adjacent to an activating group) is 1. The van der Waals surface area contributed by atoms with Crippen LogP contribution in [0.3, 0.4) is 0 Å². The molecule has 0 spiro atoms. The van der Waals surface area contributed by atoms with E-state index in [-0.39, 0.29) is 5.54 Å². The summed E-state index contributed by atoms with van der Waals surface area (Å²) in [7, 11) is 3.62. The minimum absolute atomic E-state index is 0.377. The summed E-state index contributed by atoms with van der Waals surface area (Å²) in [6.45, 7) is 6.71. The highest BCUT2D eigenvalue weighted by atomic mass is 16.5. The monoisotopic (exact) mass is 239 g/mol. The Morgan fingerprint density at radius 1 is 1.53 bits per heavy atom. The molecular formula is C13H25N3O. The van der Waals surface area contributed by atoms with Crippen molar-refractivity contribution in [2.24, 2.45) is 5.92 Å². The molecule has 0 saturated heterocycles. The third-order valence-corrected chi connectivity index (χ3v) is 3.69. The highest BCUT2D eigenvalue weighted by Crippen LogP contribution is 2.39. The van der Waals surface area contributed by atoms with E-state index in [9.17, 15) is 5.26 Å². The van der Waals surface area contributed by atoms with E-state index in [1.165, 1.54) is 12.8 Å². The largest absolute Gasteiger partial charge is 0.383 e. The Morgan fingerprint density at radius 2 is 2.18 bits per heavy atom. The molecule has 1 fully saturated rings. The molecule has 0 aromatic rings. The topological polar surface area (TPSA) is 48.3 Å². The van der Waals surface area contributed by atoms with Gasteiger partial charge < -0.3 is 10.1 Å². The number of nitrogens with one attached hydrogen (secondary N) is 1. The average molecular weight is 239 g/mol. The molecule has 98 valence electrons. The predicted octanol–water partition coefficient (Wildman–Crippen LogP) is 1.23. The molecule has 1 unspecified atom stereocenters. The van der Waals surface area contributed by atoms with Crippen molar-refractivity contribution in [1.82, 2.24) is 10.2 Å². The van der Waals surface area contributed by atoms with Crippen LogP contribution in [0.1, 0.15) is 26.7 Å². The lowest BCUT2D eigenvalue weighted by molar-refractivity contribution is 0.108. The Morgan fingerprint density at radius 3 is 2.53 bits per heavy atom. The Bertz CT molecular complexity index is 270. The van der Waals surface area contributed by atoms with Crippen LogP contribution >= 0.6 is 0 Å². The van der Waals surface area contributed by atoms with Gasteiger partial charge in [0.15, 0.2) is 0 Å². The van der Waals surface area contributed by atoms with Crippen LogP contribution in [0.25, 0.3) is 0 Å². The molecule has 1 rings (SSSR count). The van der Waals surface area contributed by atoms with Crippen molar-refractivity contribution < 1.29 is 4.74 Å². The molecule has 17 heavy (non-hydrogen) atoms. The van der Waals surface area contributed by atoms with Gasteiger partial charge in [-0.2, -0.15) is 5.26 Å². The van der Waals surface area contributed by atoms with Gasteiger partial charge in [-0.3, -0.25) is 4.90 Å². The lowest BCUT2D eigenvalue weighted by Crippen LogP contribution is -2.55. The van der Waals surface area contributed by atoms with Crippen LogP contribution in [0.2, 0.25) is 0 Å². The summed E-state index contributed by atoms with van der Waals surface area (Å²) in [6, 6.07) is 2.93. The minimum atomic E-state index is -0.377. The van der Waals surface area contributed by atoms with Crippen molar-refractivity contribution in [3.05, 3.63) is 0 Å². The summed E-state index contributed by atoms with van der Waals surface area (Å²) in [5.41, 5.74) is -0.377. The number of hydrogen-bond donors (Lipinski definition) is 1. The van der Waals surface area contributed by atoms with Crippen LogP contribution in [0.15, 0.2) is 0 Å². The van der Waals surface area contributed by atoms with Crippen LogP contribution in [-0.4, -0.2) is 50.3 Å². The Hall–Kier alpha value is -0.630. The van der Waals surface area contributed by atoms with E-state index in [4.69, 9.17) is 4.74 Å². The number of nitrogens with zero attached hydrogens (tertiary/aromatic N) is 2.